The van der Waals surface area contributed by atoms with E-state index in [9.17, 15) is 15.2 Å². The second kappa shape index (κ2) is 8.96. The molecule has 0 heterocycles. The number of nitrogens with zero attached hydrogens (tertiary/aromatic N) is 2. The van der Waals surface area contributed by atoms with Gasteiger partial charge in [-0.15, -0.1) is 0 Å². The molecule has 2 aromatic rings. The summed E-state index contributed by atoms with van der Waals surface area (Å²) in [7, 11) is -0.810. The van der Waals surface area contributed by atoms with Crippen molar-refractivity contribution in [1.82, 2.24) is 0 Å². The minimum atomic E-state index is -0.820. The van der Waals surface area contributed by atoms with Crippen LogP contribution >= 0.6 is 7.92 Å². The van der Waals surface area contributed by atoms with Crippen LogP contribution in [0.1, 0.15) is 25.8 Å². The number of rotatable bonds is 5. The van der Waals surface area contributed by atoms with Crippen molar-refractivity contribution < 1.29 is 14.7 Å². The first-order valence-corrected chi connectivity index (χ1v) is 10.5. The van der Waals surface area contributed by atoms with E-state index in [1.54, 1.807) is 6.92 Å². The molecular weight excluding hydrogens is 383 g/mol. The van der Waals surface area contributed by atoms with Crippen LogP contribution < -0.4 is 10.6 Å². The Morgan fingerprint density at radius 2 is 1.83 bits per heavy atom. The van der Waals surface area contributed by atoms with Gasteiger partial charge in [0.1, 0.15) is 6.07 Å². The fourth-order valence-corrected chi connectivity index (χ4v) is 5.23. The number of allylic oxidation sites excluding steroid dienone is 2. The van der Waals surface area contributed by atoms with E-state index in [4.69, 9.17) is 0 Å². The Labute approximate surface area is 171 Å². The zero-order valence-corrected chi connectivity index (χ0v) is 17.1. The molecular formula is C23H21N2O3P. The third-order valence-corrected chi connectivity index (χ3v) is 6.86. The normalized spacial score (nSPS) is 19.8. The Balaban J connectivity index is 1.96. The first-order valence-electron chi connectivity index (χ1n) is 9.13. The number of benzene rings is 2. The summed E-state index contributed by atoms with van der Waals surface area (Å²) in [5.41, 5.74) is -0.194. The highest BCUT2D eigenvalue weighted by Gasteiger charge is 2.24. The third kappa shape index (κ3) is 5.26. The molecule has 0 amide bonds. The molecule has 1 N–H and O–H groups in total. The van der Waals surface area contributed by atoms with Gasteiger partial charge in [-0.1, -0.05) is 78.0 Å². The van der Waals surface area contributed by atoms with E-state index < -0.39 is 19.5 Å². The average Bonchev–Trinajstić information content (AvgIpc) is 2.71. The summed E-state index contributed by atoms with van der Waals surface area (Å²) in [6, 6.07) is 19.7. The van der Waals surface area contributed by atoms with Crippen molar-refractivity contribution in [3.8, 4) is 6.07 Å². The number of aliphatic hydroxyl groups is 1. The fourth-order valence-electron chi connectivity index (χ4n) is 2.92. The molecule has 6 heteroatoms. The molecule has 5 nitrogen and oxygen atoms in total. The minimum Gasteiger partial charge on any atom is -0.386 e. The lowest BCUT2D eigenvalue weighted by Gasteiger charge is -2.26. The molecule has 0 fully saturated rings. The molecule has 2 atom stereocenters. The van der Waals surface area contributed by atoms with Gasteiger partial charge >= 0.3 is 5.97 Å². The van der Waals surface area contributed by atoms with Gasteiger partial charge in [0.25, 0.3) is 0 Å². The molecule has 3 rings (SSSR count). The van der Waals surface area contributed by atoms with Crippen LogP contribution in [0.2, 0.25) is 0 Å². The first kappa shape index (κ1) is 20.7. The van der Waals surface area contributed by atoms with Gasteiger partial charge in [0.2, 0.25) is 0 Å². The zero-order chi connectivity index (χ0) is 20.9. The van der Waals surface area contributed by atoms with Crippen LogP contribution in [0.15, 0.2) is 83.3 Å². The van der Waals surface area contributed by atoms with Gasteiger partial charge in [0.15, 0.2) is 5.71 Å². The van der Waals surface area contributed by atoms with Gasteiger partial charge < -0.3 is 9.94 Å². The Morgan fingerprint density at radius 1 is 1.17 bits per heavy atom. The molecule has 2 aromatic carbocycles. The van der Waals surface area contributed by atoms with E-state index in [2.05, 4.69) is 28.2 Å². The minimum absolute atomic E-state index is 0.0450. The SMILES string of the molecule is CC(=O)O/N=C(\C#N)c1ccc(P(C2=CCC(C)(O)C=C2)c2ccccc2)cc1. The van der Waals surface area contributed by atoms with Crippen LogP contribution in [-0.2, 0) is 9.63 Å². The van der Waals surface area contributed by atoms with E-state index in [1.807, 2.05) is 60.7 Å². The average molecular weight is 404 g/mol. The van der Waals surface area contributed by atoms with Crippen molar-refractivity contribution in [1.29, 1.82) is 5.26 Å². The summed E-state index contributed by atoms with van der Waals surface area (Å²) in [6.07, 6.45) is 6.50. The summed E-state index contributed by atoms with van der Waals surface area (Å²) < 4.78 is 0. The molecule has 1 aliphatic carbocycles. The predicted octanol–water partition coefficient (Wildman–Crippen LogP) is 3.50. The molecule has 0 aliphatic heterocycles. The fraction of sp³-hybridized carbons (Fsp3) is 0.174. The van der Waals surface area contributed by atoms with Gasteiger partial charge in [0, 0.05) is 12.5 Å². The van der Waals surface area contributed by atoms with Gasteiger partial charge in [-0.2, -0.15) is 5.26 Å². The predicted molar refractivity (Wildman–Crippen MR) is 115 cm³/mol. The second-order valence-corrected chi connectivity index (χ2v) is 9.10. The largest absolute Gasteiger partial charge is 0.386 e. The van der Waals surface area contributed by atoms with Gasteiger partial charge in [0.05, 0.1) is 5.60 Å². The first-order chi connectivity index (χ1) is 13.9. The standard InChI is InChI=1S/C23H21N2O3P/c1-17(26)28-25-22(16-24)18-8-10-20(11-9-18)29(19-6-4-3-5-7-19)21-12-14-23(2,27)15-13-21/h3-14,27H,15H2,1-2H3/b25-22+. The summed E-state index contributed by atoms with van der Waals surface area (Å²) >= 11 is 0. The summed E-state index contributed by atoms with van der Waals surface area (Å²) in [5, 5.41) is 26.6. The summed E-state index contributed by atoms with van der Waals surface area (Å²) in [5.74, 6) is -0.575. The molecule has 0 saturated heterocycles. The maximum absolute atomic E-state index is 10.9. The monoisotopic (exact) mass is 404 g/mol. The van der Waals surface area contributed by atoms with Gasteiger partial charge in [-0.25, -0.2) is 4.79 Å². The molecule has 0 radical (unpaired) electrons. The van der Waals surface area contributed by atoms with Crippen LogP contribution in [0.5, 0.6) is 0 Å². The van der Waals surface area contributed by atoms with E-state index in [-0.39, 0.29) is 5.71 Å². The van der Waals surface area contributed by atoms with Crippen LogP contribution in [0.3, 0.4) is 0 Å². The van der Waals surface area contributed by atoms with Crippen molar-refractivity contribution in [2.75, 3.05) is 0 Å². The smallest absolute Gasteiger partial charge is 0.332 e. The second-order valence-electron chi connectivity index (χ2n) is 6.88. The molecule has 146 valence electrons. The number of oxime groups is 1. The molecule has 0 saturated carbocycles. The van der Waals surface area contributed by atoms with Crippen LogP contribution in [0, 0.1) is 11.3 Å². The van der Waals surface area contributed by atoms with E-state index in [0.717, 1.165) is 5.30 Å². The third-order valence-electron chi connectivity index (χ3n) is 4.38. The van der Waals surface area contributed by atoms with Crippen LogP contribution in [0.4, 0.5) is 0 Å². The Hall–Kier alpha value is -3.06. The van der Waals surface area contributed by atoms with Crippen molar-refractivity contribution in [2.24, 2.45) is 5.16 Å². The van der Waals surface area contributed by atoms with Crippen molar-refractivity contribution in [2.45, 2.75) is 25.9 Å². The number of carbonyl (C=O) groups excluding carboxylic acids is 1. The van der Waals surface area contributed by atoms with Crippen molar-refractivity contribution in [3.63, 3.8) is 0 Å². The number of hydrogen-bond acceptors (Lipinski definition) is 5. The number of carbonyl (C=O) groups is 1. The van der Waals surface area contributed by atoms with Crippen LogP contribution in [0.25, 0.3) is 0 Å². The van der Waals surface area contributed by atoms with E-state index in [1.165, 1.54) is 17.5 Å². The molecule has 2 unspecified atom stereocenters. The molecule has 1 aliphatic rings. The number of nitriles is 1. The lowest BCUT2D eigenvalue weighted by atomic mass is 9.98. The van der Waals surface area contributed by atoms with Gasteiger partial charge in [-0.3, -0.25) is 0 Å². The Kier molecular flexibility index (Phi) is 6.39. The highest BCUT2D eigenvalue weighted by molar-refractivity contribution is 7.77. The van der Waals surface area contributed by atoms with Crippen LogP contribution in [-0.4, -0.2) is 22.4 Å². The molecule has 0 aromatic heterocycles. The van der Waals surface area contributed by atoms with Gasteiger partial charge in [-0.05, 0) is 37.2 Å². The zero-order valence-electron chi connectivity index (χ0n) is 16.2. The highest BCUT2D eigenvalue weighted by atomic mass is 31.1. The number of hydrogen-bond donors (Lipinski definition) is 1. The maximum Gasteiger partial charge on any atom is 0.332 e. The van der Waals surface area contributed by atoms with Crippen molar-refractivity contribution >= 4 is 30.2 Å². The summed E-state index contributed by atoms with van der Waals surface area (Å²) in [4.78, 5) is 15.5. The molecule has 29 heavy (non-hydrogen) atoms. The van der Waals surface area contributed by atoms with E-state index in [0.29, 0.717) is 12.0 Å². The maximum atomic E-state index is 10.9. The van der Waals surface area contributed by atoms with Crippen molar-refractivity contribution in [3.05, 3.63) is 83.7 Å². The lowest BCUT2D eigenvalue weighted by molar-refractivity contribution is -0.140. The van der Waals surface area contributed by atoms with E-state index >= 15 is 0 Å². The quantitative estimate of drug-likeness (QED) is 0.358. The topological polar surface area (TPSA) is 82.7 Å². The molecule has 0 bridgehead atoms. The Bertz CT molecular complexity index is 1020. The summed E-state index contributed by atoms with van der Waals surface area (Å²) in [6.45, 7) is 3.03. The Morgan fingerprint density at radius 3 is 2.38 bits per heavy atom. The highest BCUT2D eigenvalue weighted by Crippen LogP contribution is 2.45. The molecule has 0 spiro atoms. The lowest BCUT2D eigenvalue weighted by Crippen LogP contribution is -2.22.